The van der Waals surface area contributed by atoms with Crippen LogP contribution in [0.15, 0.2) is 0 Å². The van der Waals surface area contributed by atoms with Gasteiger partial charge in [-0.15, -0.1) is 0 Å². The van der Waals surface area contributed by atoms with Gasteiger partial charge in [0.05, 0.1) is 6.61 Å². The second-order valence-corrected chi connectivity index (χ2v) is 6.94. The van der Waals surface area contributed by atoms with E-state index in [-0.39, 0.29) is 12.1 Å². The van der Waals surface area contributed by atoms with Crippen molar-refractivity contribution in [2.75, 3.05) is 46.4 Å². The van der Waals surface area contributed by atoms with Crippen LogP contribution in [0.3, 0.4) is 0 Å². The molecule has 1 rings (SSSR count). The second-order valence-electron chi connectivity index (χ2n) is 6.94. The van der Waals surface area contributed by atoms with Gasteiger partial charge in [-0.05, 0) is 72.3 Å². The molecule has 2 N–H and O–H groups in total. The number of nitrogens with zero attached hydrogens (tertiary/aromatic N) is 2. The Morgan fingerprint density at radius 1 is 1.38 bits per heavy atom. The van der Waals surface area contributed by atoms with Crippen LogP contribution in [-0.2, 0) is 0 Å². The number of hydrogen-bond acceptors (Lipinski definition) is 4. The highest BCUT2D eigenvalue weighted by Crippen LogP contribution is 2.18. The summed E-state index contributed by atoms with van der Waals surface area (Å²) in [5, 5.41) is 13.1. The van der Waals surface area contributed by atoms with Gasteiger partial charge in [-0.2, -0.15) is 0 Å². The SMILES string of the molecule is CCCNC(C)(CO)CCCN(C)CC1CCCN1CC. The Hall–Kier alpha value is -0.160. The van der Waals surface area contributed by atoms with Crippen molar-refractivity contribution in [3.63, 3.8) is 0 Å². The molecule has 0 aromatic rings. The first-order valence-corrected chi connectivity index (χ1v) is 8.83. The highest BCUT2D eigenvalue weighted by molar-refractivity contribution is 4.83. The average Bonchev–Trinajstić information content (AvgIpc) is 2.92. The van der Waals surface area contributed by atoms with E-state index in [2.05, 4.69) is 42.9 Å². The van der Waals surface area contributed by atoms with E-state index in [1.165, 1.54) is 32.5 Å². The lowest BCUT2D eigenvalue weighted by atomic mass is 9.96. The molecule has 1 heterocycles. The molecule has 0 spiro atoms. The van der Waals surface area contributed by atoms with Gasteiger partial charge in [-0.1, -0.05) is 13.8 Å². The second kappa shape index (κ2) is 9.78. The predicted molar refractivity (Wildman–Crippen MR) is 90.8 cm³/mol. The minimum atomic E-state index is -0.111. The smallest absolute Gasteiger partial charge is 0.0610 e. The van der Waals surface area contributed by atoms with Crippen molar-refractivity contribution in [1.82, 2.24) is 15.1 Å². The van der Waals surface area contributed by atoms with Crippen molar-refractivity contribution in [3.05, 3.63) is 0 Å². The minimum absolute atomic E-state index is 0.111. The third-order valence-corrected chi connectivity index (χ3v) is 4.85. The van der Waals surface area contributed by atoms with Crippen LogP contribution in [0, 0.1) is 0 Å². The maximum Gasteiger partial charge on any atom is 0.0610 e. The summed E-state index contributed by atoms with van der Waals surface area (Å²) in [6.07, 6.45) is 6.00. The Balaban J connectivity index is 2.24. The summed E-state index contributed by atoms with van der Waals surface area (Å²) in [4.78, 5) is 5.08. The number of rotatable bonds is 11. The normalized spacial score (nSPS) is 22.9. The molecule has 4 heteroatoms. The van der Waals surface area contributed by atoms with Crippen molar-refractivity contribution >= 4 is 0 Å². The van der Waals surface area contributed by atoms with Gasteiger partial charge < -0.3 is 15.3 Å². The number of likely N-dealkylation sites (tertiary alicyclic amines) is 1. The van der Waals surface area contributed by atoms with E-state index in [0.29, 0.717) is 0 Å². The number of hydrogen-bond donors (Lipinski definition) is 2. The van der Waals surface area contributed by atoms with Crippen LogP contribution < -0.4 is 5.32 Å². The topological polar surface area (TPSA) is 38.7 Å². The molecule has 0 aromatic carbocycles. The molecule has 126 valence electrons. The lowest BCUT2D eigenvalue weighted by Gasteiger charge is -2.31. The van der Waals surface area contributed by atoms with E-state index in [4.69, 9.17) is 0 Å². The number of aliphatic hydroxyl groups is 1. The van der Waals surface area contributed by atoms with Crippen molar-refractivity contribution in [2.24, 2.45) is 0 Å². The van der Waals surface area contributed by atoms with Gasteiger partial charge in [0.1, 0.15) is 0 Å². The zero-order chi connectivity index (χ0) is 15.7. The highest BCUT2D eigenvalue weighted by Gasteiger charge is 2.25. The van der Waals surface area contributed by atoms with Gasteiger partial charge in [0.15, 0.2) is 0 Å². The summed E-state index contributed by atoms with van der Waals surface area (Å²) in [7, 11) is 2.24. The van der Waals surface area contributed by atoms with Gasteiger partial charge >= 0.3 is 0 Å². The fourth-order valence-corrected chi connectivity index (χ4v) is 3.36. The van der Waals surface area contributed by atoms with E-state index >= 15 is 0 Å². The summed E-state index contributed by atoms with van der Waals surface area (Å²) >= 11 is 0. The third-order valence-electron chi connectivity index (χ3n) is 4.85. The summed E-state index contributed by atoms with van der Waals surface area (Å²) in [6.45, 7) is 12.6. The van der Waals surface area contributed by atoms with Crippen molar-refractivity contribution in [2.45, 2.75) is 64.5 Å². The molecule has 2 atom stereocenters. The minimum Gasteiger partial charge on any atom is -0.394 e. The molecular formula is C17H37N3O. The molecule has 1 aliphatic heterocycles. The number of nitrogens with one attached hydrogen (secondary N) is 1. The maximum atomic E-state index is 9.59. The van der Waals surface area contributed by atoms with Crippen LogP contribution in [0.2, 0.25) is 0 Å². The molecule has 0 aromatic heterocycles. The summed E-state index contributed by atoms with van der Waals surface area (Å²) < 4.78 is 0. The molecule has 0 radical (unpaired) electrons. The van der Waals surface area contributed by atoms with Crippen LogP contribution in [0.5, 0.6) is 0 Å². The zero-order valence-corrected chi connectivity index (χ0v) is 14.7. The van der Waals surface area contributed by atoms with Gasteiger partial charge in [0, 0.05) is 18.1 Å². The lowest BCUT2D eigenvalue weighted by molar-refractivity contribution is 0.153. The molecule has 0 saturated carbocycles. The zero-order valence-electron chi connectivity index (χ0n) is 14.7. The standard InChI is InChI=1S/C17H37N3O/c1-5-11-18-17(3,15-21)10-8-12-19(4)14-16-9-7-13-20(16)6-2/h16,18,21H,5-15H2,1-4H3. The molecular weight excluding hydrogens is 262 g/mol. The Morgan fingerprint density at radius 2 is 2.14 bits per heavy atom. The Kier molecular flexibility index (Phi) is 8.79. The maximum absolute atomic E-state index is 9.59. The van der Waals surface area contributed by atoms with Gasteiger partial charge in [-0.25, -0.2) is 0 Å². The van der Waals surface area contributed by atoms with Crippen LogP contribution >= 0.6 is 0 Å². The number of likely N-dealkylation sites (N-methyl/N-ethyl adjacent to an activating group) is 2. The molecule has 1 fully saturated rings. The van der Waals surface area contributed by atoms with E-state index in [0.717, 1.165) is 38.4 Å². The summed E-state index contributed by atoms with van der Waals surface area (Å²) in [6, 6.07) is 0.752. The van der Waals surface area contributed by atoms with Gasteiger partial charge in [0.25, 0.3) is 0 Å². The molecule has 0 amide bonds. The molecule has 21 heavy (non-hydrogen) atoms. The average molecular weight is 300 g/mol. The van der Waals surface area contributed by atoms with E-state index < -0.39 is 0 Å². The lowest BCUT2D eigenvalue weighted by Crippen LogP contribution is -2.46. The summed E-state index contributed by atoms with van der Waals surface area (Å²) in [5.74, 6) is 0. The van der Waals surface area contributed by atoms with Crippen LogP contribution in [-0.4, -0.2) is 72.9 Å². The van der Waals surface area contributed by atoms with Crippen molar-refractivity contribution < 1.29 is 5.11 Å². The quantitative estimate of drug-likeness (QED) is 0.611. The molecule has 2 unspecified atom stereocenters. The molecule has 1 saturated heterocycles. The monoisotopic (exact) mass is 299 g/mol. The molecule has 0 bridgehead atoms. The predicted octanol–water partition coefficient (Wildman–Crippen LogP) is 1.93. The Labute approximate surface area is 131 Å². The fraction of sp³-hybridized carbons (Fsp3) is 1.00. The summed E-state index contributed by atoms with van der Waals surface area (Å²) in [5.41, 5.74) is -0.111. The first kappa shape index (κ1) is 18.9. The van der Waals surface area contributed by atoms with E-state index in [1.54, 1.807) is 0 Å². The highest BCUT2D eigenvalue weighted by atomic mass is 16.3. The van der Waals surface area contributed by atoms with Crippen LogP contribution in [0.4, 0.5) is 0 Å². The largest absolute Gasteiger partial charge is 0.394 e. The van der Waals surface area contributed by atoms with Gasteiger partial charge in [0.2, 0.25) is 0 Å². The van der Waals surface area contributed by atoms with Crippen LogP contribution in [0.25, 0.3) is 0 Å². The Morgan fingerprint density at radius 3 is 2.76 bits per heavy atom. The van der Waals surface area contributed by atoms with Gasteiger partial charge in [-0.3, -0.25) is 4.90 Å². The van der Waals surface area contributed by atoms with Crippen molar-refractivity contribution in [1.29, 1.82) is 0 Å². The van der Waals surface area contributed by atoms with E-state index in [9.17, 15) is 5.11 Å². The first-order chi connectivity index (χ1) is 10.0. The molecule has 0 aliphatic carbocycles. The fourth-order valence-electron chi connectivity index (χ4n) is 3.36. The first-order valence-electron chi connectivity index (χ1n) is 8.83. The molecule has 4 nitrogen and oxygen atoms in total. The van der Waals surface area contributed by atoms with Crippen molar-refractivity contribution in [3.8, 4) is 0 Å². The molecule has 1 aliphatic rings. The van der Waals surface area contributed by atoms with E-state index in [1.807, 2.05) is 0 Å². The number of aliphatic hydroxyl groups excluding tert-OH is 1. The third kappa shape index (κ3) is 6.64. The van der Waals surface area contributed by atoms with Crippen LogP contribution in [0.1, 0.15) is 52.9 Å². The Bertz CT molecular complexity index is 275.